The minimum atomic E-state index is 0.947. The van der Waals surface area contributed by atoms with Gasteiger partial charge in [0.1, 0.15) is 11.4 Å². The molecule has 0 unspecified atom stereocenters. The summed E-state index contributed by atoms with van der Waals surface area (Å²) in [4.78, 5) is 14.5. The van der Waals surface area contributed by atoms with Crippen molar-refractivity contribution in [3.05, 3.63) is 194 Å². The maximum absolute atomic E-state index is 4.92. The average Bonchev–Trinajstić information content (AvgIpc) is 4.14. The Morgan fingerprint density at radius 1 is 0.375 bits per heavy atom. The van der Waals surface area contributed by atoms with Crippen LogP contribution in [-0.2, 0) is 21.1 Å². The first kappa shape index (κ1) is 38.5. The van der Waals surface area contributed by atoms with Crippen LogP contribution in [0.1, 0.15) is 17.0 Å². The summed E-state index contributed by atoms with van der Waals surface area (Å²) in [6.45, 7) is 6.37. The summed E-state index contributed by atoms with van der Waals surface area (Å²) >= 11 is 0. The molecule has 0 fully saturated rings. The molecule has 12 nitrogen and oxygen atoms in total. The van der Waals surface area contributed by atoms with Crippen molar-refractivity contribution in [2.45, 2.75) is 20.8 Å². The van der Waals surface area contributed by atoms with E-state index in [4.69, 9.17) is 15.0 Å². The molecule has 4 aromatic carbocycles. The molecule has 0 spiro atoms. The molecule has 9 heterocycles. The van der Waals surface area contributed by atoms with E-state index in [1.807, 2.05) is 99.3 Å². The third-order valence-electron chi connectivity index (χ3n) is 12.1. The van der Waals surface area contributed by atoms with Gasteiger partial charge in [-0.3, -0.25) is 13.2 Å². The zero-order valence-corrected chi connectivity index (χ0v) is 36.6. The highest BCUT2D eigenvalue weighted by atomic mass is 15.3. The molecule has 0 N–H and O–H groups in total. The van der Waals surface area contributed by atoms with Gasteiger partial charge in [-0.2, -0.15) is 28.7 Å². The molecular weight excluding hydrogens is 793 g/mol. The molecule has 0 saturated carbocycles. The van der Waals surface area contributed by atoms with Gasteiger partial charge in [0, 0.05) is 18.2 Å². The van der Waals surface area contributed by atoms with E-state index in [9.17, 15) is 0 Å². The summed E-state index contributed by atoms with van der Waals surface area (Å²) in [5.74, 6) is 6.16. The summed E-state index contributed by atoms with van der Waals surface area (Å²) in [5.41, 5.74) is 12.4. The van der Waals surface area contributed by atoms with Crippen LogP contribution in [0.4, 0.5) is 0 Å². The average molecular weight is 840 g/mol. The minimum Gasteiger partial charge on any atom is -0.261 e. The van der Waals surface area contributed by atoms with Gasteiger partial charge in [-0.15, -0.1) is 0 Å². The fourth-order valence-electron chi connectivity index (χ4n) is 9.08. The number of hydrogen-bond donors (Lipinski definition) is 0. The van der Waals surface area contributed by atoms with Crippen molar-refractivity contribution in [2.75, 3.05) is 0 Å². The number of aromatic nitrogens is 12. The normalized spacial score (nSPS) is 11.6. The lowest BCUT2D eigenvalue weighted by Gasteiger charge is -2.02. The van der Waals surface area contributed by atoms with E-state index in [0.29, 0.717) is 0 Å². The SMILES string of the molecule is Cc1cccc2c1n(-c1cccc[n+]1C)c1nc3ccccc3n21.Cc1cn2c3ccccc3nc2n1-c1cccc[n+]1C.Cc1cn2c3ccccc3nc2n1-c1cccc[n+]1C. The fraction of sp³-hybridized carbons (Fsp3) is 0.115. The first-order valence-corrected chi connectivity index (χ1v) is 21.4. The molecule has 0 radical (unpaired) electrons. The predicted molar refractivity (Wildman–Crippen MR) is 251 cm³/mol. The van der Waals surface area contributed by atoms with Gasteiger partial charge in [-0.25, -0.2) is 13.7 Å². The quantitative estimate of drug-likeness (QED) is 0.168. The summed E-state index contributed by atoms with van der Waals surface area (Å²) in [7, 11) is 6.17. The van der Waals surface area contributed by atoms with E-state index in [2.05, 4.69) is 160 Å². The van der Waals surface area contributed by atoms with E-state index in [1.165, 1.54) is 28.0 Å². The first-order valence-electron chi connectivity index (χ1n) is 21.4. The lowest BCUT2D eigenvalue weighted by molar-refractivity contribution is -0.665. The van der Waals surface area contributed by atoms with Gasteiger partial charge < -0.3 is 0 Å². The van der Waals surface area contributed by atoms with Crippen molar-refractivity contribution in [1.82, 2.24) is 41.9 Å². The van der Waals surface area contributed by atoms with Crippen LogP contribution in [0.3, 0.4) is 0 Å². The monoisotopic (exact) mass is 839 g/mol. The van der Waals surface area contributed by atoms with Gasteiger partial charge in [-0.1, -0.05) is 66.7 Å². The smallest absolute Gasteiger partial charge is 0.261 e. The molecule has 0 bridgehead atoms. The topological polar surface area (TPSA) is 78.3 Å². The Hall–Kier alpha value is -8.38. The van der Waals surface area contributed by atoms with E-state index >= 15 is 0 Å². The van der Waals surface area contributed by atoms with Gasteiger partial charge in [0.05, 0.1) is 90.7 Å². The Morgan fingerprint density at radius 2 is 0.766 bits per heavy atom. The molecule has 9 aromatic heterocycles. The van der Waals surface area contributed by atoms with Gasteiger partial charge in [0.15, 0.2) is 5.52 Å². The third-order valence-corrected chi connectivity index (χ3v) is 12.1. The second-order valence-electron chi connectivity index (χ2n) is 16.3. The second kappa shape index (κ2) is 15.2. The molecule has 0 amide bonds. The fourth-order valence-corrected chi connectivity index (χ4v) is 9.08. The maximum Gasteiger partial charge on any atom is 0.312 e. The Kier molecular flexibility index (Phi) is 9.16. The van der Waals surface area contributed by atoms with Crippen LogP contribution in [0, 0.1) is 20.8 Å². The molecule has 64 heavy (non-hydrogen) atoms. The number of pyridine rings is 3. The van der Waals surface area contributed by atoms with Crippen molar-refractivity contribution < 1.29 is 13.7 Å². The van der Waals surface area contributed by atoms with Crippen molar-refractivity contribution in [3.8, 4) is 17.5 Å². The molecule has 312 valence electrons. The molecule has 12 heteroatoms. The second-order valence-corrected chi connectivity index (χ2v) is 16.3. The zero-order valence-electron chi connectivity index (χ0n) is 36.6. The third kappa shape index (κ3) is 6.13. The minimum absolute atomic E-state index is 0.947. The van der Waals surface area contributed by atoms with E-state index in [-0.39, 0.29) is 0 Å². The number of rotatable bonds is 3. The van der Waals surface area contributed by atoms with Crippen LogP contribution in [0.25, 0.3) is 78.9 Å². The van der Waals surface area contributed by atoms with Crippen LogP contribution in [-0.4, -0.2) is 41.9 Å². The molecule has 0 atom stereocenters. The molecule has 13 aromatic rings. The standard InChI is InChI=1S/C20H17N4.2C16H15N4/c1-14-8-7-11-17-19(14)24(18-12-5-6-13-22(18)2)20-21-15-9-3-4-10-16(15)23(17)20;2*1-12-11-19-14-8-4-3-7-13(14)17-16(19)20(12)15-9-5-6-10-18(15)2/h3-13H,1-2H3;2*3-11H,1-2H3/q3*+1. The molecule has 13 rings (SSSR count). The van der Waals surface area contributed by atoms with Crippen molar-refractivity contribution >= 4 is 61.5 Å². The van der Waals surface area contributed by atoms with E-state index in [1.54, 1.807) is 0 Å². The van der Waals surface area contributed by atoms with Crippen molar-refractivity contribution in [1.29, 1.82) is 0 Å². The van der Waals surface area contributed by atoms with Crippen LogP contribution in [0.5, 0.6) is 0 Å². The molecular formula is C52H47N12+3. The van der Waals surface area contributed by atoms with E-state index in [0.717, 1.165) is 67.9 Å². The van der Waals surface area contributed by atoms with Gasteiger partial charge >= 0.3 is 17.3 Å². The zero-order chi connectivity index (χ0) is 43.6. The van der Waals surface area contributed by atoms with Crippen LogP contribution in [0.2, 0.25) is 0 Å². The highest BCUT2D eigenvalue weighted by molar-refractivity contribution is 5.93. The van der Waals surface area contributed by atoms with Gasteiger partial charge in [-0.05, 0) is 87.0 Å². The van der Waals surface area contributed by atoms with Gasteiger partial charge in [0.2, 0.25) is 0 Å². The Bertz CT molecular complexity index is 3730. The van der Waals surface area contributed by atoms with Crippen LogP contribution >= 0.6 is 0 Å². The first-order chi connectivity index (χ1) is 31.3. The number of imidazole rings is 6. The van der Waals surface area contributed by atoms with Crippen LogP contribution < -0.4 is 13.7 Å². The molecule has 0 saturated heterocycles. The highest BCUT2D eigenvalue weighted by Crippen LogP contribution is 2.30. The maximum atomic E-state index is 4.92. The number of aryl methyl sites for hydroxylation is 6. The summed E-state index contributed by atoms with van der Waals surface area (Å²) in [6, 6.07) is 49.8. The summed E-state index contributed by atoms with van der Waals surface area (Å²) in [5, 5.41) is 0. The number of para-hydroxylation sites is 7. The van der Waals surface area contributed by atoms with Crippen molar-refractivity contribution in [3.63, 3.8) is 0 Å². The Balaban J connectivity index is 0.000000108. The van der Waals surface area contributed by atoms with Crippen LogP contribution in [0.15, 0.2) is 177 Å². The van der Waals surface area contributed by atoms with Gasteiger partial charge in [0.25, 0.3) is 17.5 Å². The lowest BCUT2D eigenvalue weighted by atomic mass is 10.2. The molecule has 0 aliphatic rings. The number of benzene rings is 4. The number of fused-ring (bicyclic) bond motifs is 11. The number of hydrogen-bond acceptors (Lipinski definition) is 3. The molecule has 0 aliphatic heterocycles. The largest absolute Gasteiger partial charge is 0.312 e. The summed E-state index contributed by atoms with van der Waals surface area (Å²) in [6.07, 6.45) is 10.4. The predicted octanol–water partition coefficient (Wildman–Crippen LogP) is 8.39. The van der Waals surface area contributed by atoms with E-state index < -0.39 is 0 Å². The highest BCUT2D eigenvalue weighted by Gasteiger charge is 2.26. The summed E-state index contributed by atoms with van der Waals surface area (Å²) < 4.78 is 19.5. The molecule has 0 aliphatic carbocycles. The Morgan fingerprint density at radius 3 is 1.25 bits per heavy atom. The lowest BCUT2D eigenvalue weighted by Crippen LogP contribution is -2.33. The Labute approximate surface area is 368 Å². The number of nitrogens with zero attached hydrogens (tertiary/aromatic N) is 12. The van der Waals surface area contributed by atoms with Crippen molar-refractivity contribution in [2.24, 2.45) is 21.1 Å².